The summed E-state index contributed by atoms with van der Waals surface area (Å²) in [7, 11) is -3.40. The van der Waals surface area contributed by atoms with E-state index >= 15 is 0 Å². The van der Waals surface area contributed by atoms with Crippen molar-refractivity contribution in [3.05, 3.63) is 76.8 Å². The Morgan fingerprint density at radius 1 is 0.935 bits per heavy atom. The molecule has 0 spiro atoms. The van der Waals surface area contributed by atoms with Crippen LogP contribution in [0.1, 0.15) is 6.92 Å². The lowest BCUT2D eigenvalue weighted by molar-refractivity contribution is -0.384. The molecule has 0 radical (unpaired) electrons. The van der Waals surface area contributed by atoms with E-state index in [2.05, 4.69) is 9.80 Å². The van der Waals surface area contributed by atoms with Crippen LogP contribution in [0.25, 0.3) is 10.8 Å². The number of sulfone groups is 1. The first-order chi connectivity index (χ1) is 14.8. The molecule has 1 fully saturated rings. The third-order valence-electron chi connectivity index (χ3n) is 5.90. The number of benzene rings is 3. The van der Waals surface area contributed by atoms with Gasteiger partial charge in [-0.3, -0.25) is 15.0 Å². The minimum absolute atomic E-state index is 0.0723. The van der Waals surface area contributed by atoms with Gasteiger partial charge in [-0.15, -0.1) is 0 Å². The molecular weight excluding hydrogens is 414 g/mol. The maximum atomic E-state index is 13.0. The van der Waals surface area contributed by atoms with Gasteiger partial charge >= 0.3 is 0 Å². The van der Waals surface area contributed by atoms with Crippen molar-refractivity contribution in [2.75, 3.05) is 36.8 Å². The zero-order chi connectivity index (χ0) is 22.0. The SMILES string of the molecule is C[C@@H](CS(=O)(=O)c1ccc2ccccc2c1)N1CCN(c2ccc([N+](=O)[O-])cc2)CC1. The summed E-state index contributed by atoms with van der Waals surface area (Å²) in [5.74, 6) is 0.0723. The monoisotopic (exact) mass is 439 g/mol. The first kappa shape index (κ1) is 21.3. The Bertz CT molecular complexity index is 1190. The van der Waals surface area contributed by atoms with Gasteiger partial charge in [0, 0.05) is 50.0 Å². The van der Waals surface area contributed by atoms with Crippen molar-refractivity contribution in [1.82, 2.24) is 4.90 Å². The zero-order valence-electron chi connectivity index (χ0n) is 17.3. The van der Waals surface area contributed by atoms with E-state index in [0.29, 0.717) is 4.90 Å². The normalized spacial score (nSPS) is 16.4. The van der Waals surface area contributed by atoms with E-state index in [1.165, 1.54) is 12.1 Å². The van der Waals surface area contributed by atoms with Crippen molar-refractivity contribution in [1.29, 1.82) is 0 Å². The number of hydrogen-bond acceptors (Lipinski definition) is 6. The molecule has 1 atom stereocenters. The third-order valence-corrected chi connectivity index (χ3v) is 7.80. The lowest BCUT2D eigenvalue weighted by atomic mass is 10.1. The highest BCUT2D eigenvalue weighted by Gasteiger charge is 2.26. The summed E-state index contributed by atoms with van der Waals surface area (Å²) in [6, 6.07) is 19.5. The predicted octanol–water partition coefficient (Wildman–Crippen LogP) is 3.73. The van der Waals surface area contributed by atoms with E-state index in [4.69, 9.17) is 0 Å². The molecule has 8 heteroatoms. The Kier molecular flexibility index (Phi) is 5.93. The van der Waals surface area contributed by atoms with Gasteiger partial charge in [-0.1, -0.05) is 30.3 Å². The van der Waals surface area contributed by atoms with Crippen LogP contribution in [0.2, 0.25) is 0 Å². The molecule has 0 aliphatic carbocycles. The minimum Gasteiger partial charge on any atom is -0.369 e. The van der Waals surface area contributed by atoms with Crippen molar-refractivity contribution >= 4 is 32.0 Å². The number of nitro benzene ring substituents is 1. The van der Waals surface area contributed by atoms with Crippen LogP contribution >= 0.6 is 0 Å². The second kappa shape index (κ2) is 8.64. The molecule has 0 unspecified atom stereocenters. The largest absolute Gasteiger partial charge is 0.369 e. The van der Waals surface area contributed by atoms with E-state index in [-0.39, 0.29) is 17.5 Å². The molecule has 3 aromatic rings. The molecule has 1 heterocycles. The molecule has 0 amide bonds. The van der Waals surface area contributed by atoms with Crippen LogP contribution in [0, 0.1) is 10.1 Å². The number of hydrogen-bond donors (Lipinski definition) is 0. The van der Waals surface area contributed by atoms with Gasteiger partial charge in [-0.05, 0) is 42.0 Å². The van der Waals surface area contributed by atoms with E-state index in [1.807, 2.05) is 37.3 Å². The highest BCUT2D eigenvalue weighted by molar-refractivity contribution is 7.91. The molecule has 31 heavy (non-hydrogen) atoms. The van der Waals surface area contributed by atoms with Gasteiger partial charge in [-0.25, -0.2) is 8.42 Å². The molecular formula is C23H25N3O4S. The second-order valence-electron chi connectivity index (χ2n) is 7.94. The second-order valence-corrected chi connectivity index (χ2v) is 9.97. The highest BCUT2D eigenvalue weighted by atomic mass is 32.2. The van der Waals surface area contributed by atoms with Gasteiger partial charge in [0.25, 0.3) is 5.69 Å². The van der Waals surface area contributed by atoms with Gasteiger partial charge in [0.2, 0.25) is 0 Å². The minimum atomic E-state index is -3.40. The molecule has 1 aliphatic rings. The Labute approximate surface area is 182 Å². The van der Waals surface area contributed by atoms with Crippen LogP contribution in [-0.4, -0.2) is 56.2 Å². The summed E-state index contributed by atoms with van der Waals surface area (Å²) in [6.07, 6.45) is 0. The average molecular weight is 440 g/mol. The summed E-state index contributed by atoms with van der Waals surface area (Å²) in [5.41, 5.74) is 1.02. The van der Waals surface area contributed by atoms with Crippen LogP contribution < -0.4 is 4.90 Å². The van der Waals surface area contributed by atoms with Gasteiger partial charge < -0.3 is 4.90 Å². The van der Waals surface area contributed by atoms with E-state index in [1.54, 1.807) is 24.3 Å². The molecule has 162 valence electrons. The van der Waals surface area contributed by atoms with Crippen molar-refractivity contribution < 1.29 is 13.3 Å². The van der Waals surface area contributed by atoms with E-state index in [0.717, 1.165) is 42.6 Å². The lowest BCUT2D eigenvalue weighted by Gasteiger charge is -2.39. The highest BCUT2D eigenvalue weighted by Crippen LogP contribution is 2.23. The Morgan fingerprint density at radius 3 is 2.23 bits per heavy atom. The van der Waals surface area contributed by atoms with Crippen LogP contribution in [-0.2, 0) is 9.84 Å². The van der Waals surface area contributed by atoms with Crippen molar-refractivity contribution in [2.24, 2.45) is 0 Å². The Balaban J connectivity index is 1.38. The van der Waals surface area contributed by atoms with Crippen LogP contribution in [0.5, 0.6) is 0 Å². The standard InChI is InChI=1S/C23H25N3O4S/c1-18(17-31(29,30)23-11-6-19-4-2-3-5-20(19)16-23)24-12-14-25(15-13-24)21-7-9-22(10-8-21)26(27)28/h2-11,16,18H,12-15,17H2,1H3/t18-/m0/s1. The van der Waals surface area contributed by atoms with E-state index in [9.17, 15) is 18.5 Å². The molecule has 3 aromatic carbocycles. The Morgan fingerprint density at radius 2 is 1.58 bits per heavy atom. The number of fused-ring (bicyclic) bond motifs is 1. The number of non-ortho nitro benzene ring substituents is 1. The van der Waals surface area contributed by atoms with Crippen molar-refractivity contribution in [2.45, 2.75) is 17.9 Å². The smallest absolute Gasteiger partial charge is 0.269 e. The molecule has 1 saturated heterocycles. The number of piperazine rings is 1. The maximum absolute atomic E-state index is 13.0. The van der Waals surface area contributed by atoms with Crippen molar-refractivity contribution in [3.63, 3.8) is 0 Å². The Hall–Kier alpha value is -2.97. The first-order valence-corrected chi connectivity index (χ1v) is 11.9. The quantitative estimate of drug-likeness (QED) is 0.430. The van der Waals surface area contributed by atoms with Gasteiger partial charge in [0.1, 0.15) is 0 Å². The summed E-state index contributed by atoms with van der Waals surface area (Å²) in [6.45, 7) is 4.94. The molecule has 7 nitrogen and oxygen atoms in total. The van der Waals surface area contributed by atoms with Crippen LogP contribution in [0.3, 0.4) is 0 Å². The van der Waals surface area contributed by atoms with Gasteiger partial charge in [0.05, 0.1) is 15.6 Å². The number of rotatable bonds is 6. The zero-order valence-corrected chi connectivity index (χ0v) is 18.2. The third kappa shape index (κ3) is 4.70. The fourth-order valence-electron chi connectivity index (χ4n) is 4.09. The molecule has 4 rings (SSSR count). The fraction of sp³-hybridized carbons (Fsp3) is 0.304. The molecule has 0 aromatic heterocycles. The summed E-state index contributed by atoms with van der Waals surface area (Å²) < 4.78 is 26.0. The number of anilines is 1. The number of nitro groups is 1. The summed E-state index contributed by atoms with van der Waals surface area (Å²) in [4.78, 5) is 15.2. The molecule has 1 aliphatic heterocycles. The summed E-state index contributed by atoms with van der Waals surface area (Å²) >= 11 is 0. The van der Waals surface area contributed by atoms with Crippen molar-refractivity contribution in [3.8, 4) is 0 Å². The summed E-state index contributed by atoms with van der Waals surface area (Å²) in [5, 5.41) is 12.8. The topological polar surface area (TPSA) is 83.8 Å². The lowest BCUT2D eigenvalue weighted by Crippen LogP contribution is -2.51. The van der Waals surface area contributed by atoms with E-state index < -0.39 is 14.8 Å². The average Bonchev–Trinajstić information content (AvgIpc) is 2.78. The molecule has 0 N–H and O–H groups in total. The predicted molar refractivity (Wildman–Crippen MR) is 122 cm³/mol. The van der Waals surface area contributed by atoms with Crippen LogP contribution in [0.4, 0.5) is 11.4 Å². The van der Waals surface area contributed by atoms with Gasteiger partial charge in [-0.2, -0.15) is 0 Å². The maximum Gasteiger partial charge on any atom is 0.269 e. The molecule has 0 bridgehead atoms. The van der Waals surface area contributed by atoms with Gasteiger partial charge in [0.15, 0.2) is 9.84 Å². The number of nitrogens with zero attached hydrogens (tertiary/aromatic N) is 3. The fourth-order valence-corrected chi connectivity index (χ4v) is 5.71. The van der Waals surface area contributed by atoms with Crippen LogP contribution in [0.15, 0.2) is 71.6 Å². The molecule has 0 saturated carbocycles. The first-order valence-electron chi connectivity index (χ1n) is 10.3.